The average Bonchev–Trinajstić information content (AvgIpc) is 2.48. The molecular weight excluding hydrogens is 268 g/mol. The van der Waals surface area contributed by atoms with Gasteiger partial charge in [0.2, 0.25) is 0 Å². The van der Waals surface area contributed by atoms with E-state index < -0.39 is 0 Å². The summed E-state index contributed by atoms with van der Waals surface area (Å²) in [6.07, 6.45) is 0.981. The summed E-state index contributed by atoms with van der Waals surface area (Å²) in [6, 6.07) is 14.7. The molecule has 4 heteroatoms. The van der Waals surface area contributed by atoms with E-state index in [0.29, 0.717) is 10.6 Å². The summed E-state index contributed by atoms with van der Waals surface area (Å²) < 4.78 is 0. The monoisotopic (exact) mass is 284 g/mol. The molecule has 2 rings (SSSR count). The van der Waals surface area contributed by atoms with Gasteiger partial charge in [-0.05, 0) is 36.2 Å². The van der Waals surface area contributed by atoms with Crippen LogP contribution >= 0.6 is 12.2 Å². The van der Waals surface area contributed by atoms with Crippen LogP contribution in [0.5, 0.6) is 0 Å². The van der Waals surface area contributed by atoms with Gasteiger partial charge in [-0.2, -0.15) is 0 Å². The number of benzene rings is 2. The van der Waals surface area contributed by atoms with E-state index in [1.807, 2.05) is 24.3 Å². The molecule has 0 fully saturated rings. The molecule has 0 heterocycles. The van der Waals surface area contributed by atoms with Gasteiger partial charge in [0, 0.05) is 16.8 Å². The highest BCUT2D eigenvalue weighted by molar-refractivity contribution is 7.80. The van der Waals surface area contributed by atoms with E-state index in [4.69, 9.17) is 18.0 Å². The zero-order valence-corrected chi connectivity index (χ0v) is 12.0. The molecule has 0 bridgehead atoms. The minimum absolute atomic E-state index is 0.149. The number of carbonyl (C=O) groups excluding carboxylic acids is 1. The van der Waals surface area contributed by atoms with Crippen molar-refractivity contribution in [2.75, 3.05) is 5.32 Å². The van der Waals surface area contributed by atoms with Gasteiger partial charge < -0.3 is 11.1 Å². The lowest BCUT2D eigenvalue weighted by molar-refractivity contribution is 0.102. The van der Waals surface area contributed by atoms with Crippen molar-refractivity contribution in [3.05, 3.63) is 65.2 Å². The first-order valence-electron chi connectivity index (χ1n) is 6.40. The SMILES string of the molecule is CCc1ccc(NC(=O)c2ccc(C(N)=S)cc2)cc1. The van der Waals surface area contributed by atoms with Crippen LogP contribution in [0, 0.1) is 0 Å². The van der Waals surface area contributed by atoms with Gasteiger partial charge in [-0.25, -0.2) is 0 Å². The molecule has 0 aliphatic rings. The predicted octanol–water partition coefficient (Wildman–Crippen LogP) is 3.14. The summed E-state index contributed by atoms with van der Waals surface area (Å²) in [5.74, 6) is -0.149. The lowest BCUT2D eigenvalue weighted by Crippen LogP contribution is -2.13. The molecule has 0 saturated carbocycles. The highest BCUT2D eigenvalue weighted by atomic mass is 32.1. The van der Waals surface area contributed by atoms with Gasteiger partial charge in [-0.15, -0.1) is 0 Å². The first-order chi connectivity index (χ1) is 9.60. The average molecular weight is 284 g/mol. The maximum absolute atomic E-state index is 12.1. The van der Waals surface area contributed by atoms with Crippen LogP contribution in [0.2, 0.25) is 0 Å². The largest absolute Gasteiger partial charge is 0.389 e. The van der Waals surface area contributed by atoms with Gasteiger partial charge in [0.15, 0.2) is 0 Å². The Hall–Kier alpha value is -2.20. The highest BCUT2D eigenvalue weighted by Crippen LogP contribution is 2.12. The van der Waals surface area contributed by atoms with Crippen LogP contribution < -0.4 is 11.1 Å². The maximum Gasteiger partial charge on any atom is 0.255 e. The summed E-state index contributed by atoms with van der Waals surface area (Å²) in [7, 11) is 0. The summed E-state index contributed by atoms with van der Waals surface area (Å²) in [6.45, 7) is 2.09. The molecule has 0 aliphatic carbocycles. The van der Waals surface area contributed by atoms with Crippen molar-refractivity contribution in [3.63, 3.8) is 0 Å². The van der Waals surface area contributed by atoms with Crippen molar-refractivity contribution in [2.24, 2.45) is 5.73 Å². The van der Waals surface area contributed by atoms with E-state index in [1.54, 1.807) is 24.3 Å². The highest BCUT2D eigenvalue weighted by Gasteiger charge is 2.06. The summed E-state index contributed by atoms with van der Waals surface area (Å²) in [5.41, 5.74) is 8.87. The van der Waals surface area contributed by atoms with Crippen molar-refractivity contribution in [2.45, 2.75) is 13.3 Å². The van der Waals surface area contributed by atoms with Gasteiger partial charge in [0.25, 0.3) is 5.91 Å². The molecule has 0 aliphatic heterocycles. The van der Waals surface area contributed by atoms with Crippen LogP contribution in [0.25, 0.3) is 0 Å². The summed E-state index contributed by atoms with van der Waals surface area (Å²) >= 11 is 4.88. The van der Waals surface area contributed by atoms with E-state index in [-0.39, 0.29) is 5.91 Å². The number of anilines is 1. The lowest BCUT2D eigenvalue weighted by Gasteiger charge is -2.06. The number of thiocarbonyl (C=S) groups is 1. The van der Waals surface area contributed by atoms with Crippen molar-refractivity contribution < 1.29 is 4.79 Å². The first kappa shape index (κ1) is 14.2. The Bertz CT molecular complexity index is 618. The molecule has 0 saturated heterocycles. The Morgan fingerprint density at radius 3 is 2.10 bits per heavy atom. The molecule has 3 N–H and O–H groups in total. The molecule has 0 atom stereocenters. The molecule has 20 heavy (non-hydrogen) atoms. The lowest BCUT2D eigenvalue weighted by atomic mass is 10.1. The molecule has 0 spiro atoms. The van der Waals surface area contributed by atoms with Gasteiger partial charge in [0.05, 0.1) is 0 Å². The van der Waals surface area contributed by atoms with E-state index in [2.05, 4.69) is 12.2 Å². The van der Waals surface area contributed by atoms with Gasteiger partial charge in [-0.1, -0.05) is 43.4 Å². The number of carbonyl (C=O) groups is 1. The van der Waals surface area contributed by atoms with Crippen LogP contribution in [0.1, 0.15) is 28.4 Å². The second-order valence-corrected chi connectivity index (χ2v) is 4.89. The van der Waals surface area contributed by atoms with E-state index in [0.717, 1.165) is 17.7 Å². The van der Waals surface area contributed by atoms with Crippen LogP contribution in [0.3, 0.4) is 0 Å². The minimum Gasteiger partial charge on any atom is -0.389 e. The molecule has 1 amide bonds. The Kier molecular flexibility index (Phi) is 4.48. The number of rotatable bonds is 4. The zero-order chi connectivity index (χ0) is 14.5. The number of nitrogens with one attached hydrogen (secondary N) is 1. The van der Waals surface area contributed by atoms with Crippen LogP contribution in [0.4, 0.5) is 5.69 Å². The Morgan fingerprint density at radius 2 is 1.60 bits per heavy atom. The maximum atomic E-state index is 12.1. The topological polar surface area (TPSA) is 55.1 Å². The normalized spacial score (nSPS) is 10.1. The fraction of sp³-hybridized carbons (Fsp3) is 0.125. The molecule has 0 radical (unpaired) electrons. The van der Waals surface area contributed by atoms with Crippen molar-refractivity contribution >= 4 is 28.8 Å². The Labute approximate surface area is 123 Å². The number of nitrogens with two attached hydrogens (primary N) is 1. The van der Waals surface area contributed by atoms with Crippen molar-refractivity contribution in [3.8, 4) is 0 Å². The Morgan fingerprint density at radius 1 is 1.05 bits per heavy atom. The van der Waals surface area contributed by atoms with Crippen LogP contribution in [0.15, 0.2) is 48.5 Å². The van der Waals surface area contributed by atoms with Crippen LogP contribution in [-0.2, 0) is 6.42 Å². The number of hydrogen-bond acceptors (Lipinski definition) is 2. The van der Waals surface area contributed by atoms with E-state index >= 15 is 0 Å². The molecule has 0 unspecified atom stereocenters. The zero-order valence-electron chi connectivity index (χ0n) is 11.2. The molecular formula is C16H16N2OS. The molecule has 102 valence electrons. The van der Waals surface area contributed by atoms with Gasteiger partial charge >= 0.3 is 0 Å². The third-order valence-corrected chi connectivity index (χ3v) is 3.29. The molecule has 3 nitrogen and oxygen atoms in total. The van der Waals surface area contributed by atoms with Gasteiger partial charge in [-0.3, -0.25) is 4.79 Å². The predicted molar refractivity (Wildman–Crippen MR) is 86.1 cm³/mol. The molecule has 2 aromatic rings. The number of aryl methyl sites for hydroxylation is 1. The summed E-state index contributed by atoms with van der Waals surface area (Å²) in [5, 5.41) is 2.86. The summed E-state index contributed by atoms with van der Waals surface area (Å²) in [4.78, 5) is 12.4. The van der Waals surface area contributed by atoms with Crippen molar-refractivity contribution in [1.29, 1.82) is 0 Å². The molecule has 0 aromatic heterocycles. The number of hydrogen-bond donors (Lipinski definition) is 2. The van der Waals surface area contributed by atoms with Gasteiger partial charge in [0.1, 0.15) is 4.99 Å². The van der Waals surface area contributed by atoms with E-state index in [1.165, 1.54) is 5.56 Å². The quantitative estimate of drug-likeness (QED) is 0.848. The third-order valence-electron chi connectivity index (χ3n) is 3.05. The van der Waals surface area contributed by atoms with E-state index in [9.17, 15) is 4.79 Å². The fourth-order valence-electron chi connectivity index (χ4n) is 1.81. The van der Waals surface area contributed by atoms with Crippen LogP contribution in [-0.4, -0.2) is 10.9 Å². The first-order valence-corrected chi connectivity index (χ1v) is 6.81. The second-order valence-electron chi connectivity index (χ2n) is 4.45. The number of amides is 1. The smallest absolute Gasteiger partial charge is 0.255 e. The Balaban J connectivity index is 2.08. The third kappa shape index (κ3) is 3.42. The van der Waals surface area contributed by atoms with Crippen molar-refractivity contribution in [1.82, 2.24) is 0 Å². The minimum atomic E-state index is -0.149. The standard InChI is InChI=1S/C16H16N2OS/c1-2-11-3-9-14(10-4-11)18-16(19)13-7-5-12(6-8-13)15(17)20/h3-10H,2H2,1H3,(H2,17,20)(H,18,19). The fourth-order valence-corrected chi connectivity index (χ4v) is 1.95. The molecule has 2 aromatic carbocycles. The second kappa shape index (κ2) is 6.30.